The minimum absolute atomic E-state index is 0.273. The van der Waals surface area contributed by atoms with E-state index >= 15 is 0 Å². The van der Waals surface area contributed by atoms with Gasteiger partial charge in [-0.05, 0) is 48.6 Å². The van der Waals surface area contributed by atoms with Crippen molar-refractivity contribution in [3.05, 3.63) is 53.3 Å². The Hall–Kier alpha value is -1.70. The molecule has 2 rings (SSSR count). The molecule has 8 heteroatoms. The lowest BCUT2D eigenvalue weighted by molar-refractivity contribution is 0.0939. The van der Waals surface area contributed by atoms with Crippen molar-refractivity contribution in [1.29, 1.82) is 0 Å². The molecule has 0 unspecified atom stereocenters. The van der Waals surface area contributed by atoms with Crippen molar-refractivity contribution >= 4 is 46.6 Å². The highest BCUT2D eigenvalue weighted by atomic mass is 35.5. The summed E-state index contributed by atoms with van der Waals surface area (Å²) in [5.74, 6) is 0.568. The molecule has 0 saturated heterocycles. The summed E-state index contributed by atoms with van der Waals surface area (Å²) in [6.07, 6.45) is 1.68. The largest absolute Gasteiger partial charge is 0.361 e. The smallest absolute Gasteiger partial charge is 0.286 e. The molecule has 2 aromatic rings. The molecule has 0 aliphatic carbocycles. The first-order valence-corrected chi connectivity index (χ1v) is 8.28. The predicted molar refractivity (Wildman–Crippen MR) is 94.2 cm³/mol. The number of rotatable bonds is 5. The molecule has 5 nitrogen and oxygen atoms in total. The molecule has 0 aliphatic heterocycles. The van der Waals surface area contributed by atoms with E-state index in [0.717, 1.165) is 15.7 Å². The van der Waals surface area contributed by atoms with Gasteiger partial charge in [0.2, 0.25) is 0 Å². The number of hydrazine groups is 1. The summed E-state index contributed by atoms with van der Waals surface area (Å²) in [5.41, 5.74) is 5.62. The van der Waals surface area contributed by atoms with E-state index in [4.69, 9.17) is 23.8 Å². The van der Waals surface area contributed by atoms with Crippen LogP contribution in [0.3, 0.4) is 0 Å². The van der Waals surface area contributed by atoms with Crippen LogP contribution in [-0.2, 0) is 0 Å². The van der Waals surface area contributed by atoms with Crippen molar-refractivity contribution in [2.45, 2.75) is 4.90 Å². The van der Waals surface area contributed by atoms with Crippen LogP contribution in [0.15, 0.2) is 47.5 Å². The van der Waals surface area contributed by atoms with Crippen LogP contribution in [0.25, 0.3) is 0 Å². The lowest BCUT2D eigenvalue weighted by Crippen LogP contribution is -2.47. The maximum absolute atomic E-state index is 11.6. The molecule has 0 atom stereocenters. The van der Waals surface area contributed by atoms with Gasteiger partial charge >= 0.3 is 0 Å². The molecule has 1 aromatic heterocycles. The van der Waals surface area contributed by atoms with Gasteiger partial charge < -0.3 is 10.3 Å². The van der Waals surface area contributed by atoms with Crippen LogP contribution in [-0.4, -0.2) is 28.3 Å². The number of aromatic amines is 1. The molecule has 0 radical (unpaired) electrons. The molecular formula is C14H15ClN4OS2. The van der Waals surface area contributed by atoms with Crippen molar-refractivity contribution in [3.63, 3.8) is 0 Å². The molecule has 0 aliphatic rings. The number of amides is 1. The first kappa shape index (κ1) is 16.7. The lowest BCUT2D eigenvalue weighted by Gasteiger charge is -2.11. The van der Waals surface area contributed by atoms with Crippen molar-refractivity contribution < 1.29 is 4.79 Å². The third-order valence-corrected chi connectivity index (χ3v) is 4.11. The van der Waals surface area contributed by atoms with Gasteiger partial charge in [-0.15, -0.1) is 11.8 Å². The Morgan fingerprint density at radius 2 is 2.00 bits per heavy atom. The SMILES string of the molecule is O=C(NNC(=S)NCCSc1ccc(Cl)cc1)c1ccc[nH]1. The minimum Gasteiger partial charge on any atom is -0.361 e. The number of aromatic nitrogens is 1. The van der Waals surface area contributed by atoms with E-state index in [9.17, 15) is 4.79 Å². The number of carbonyl (C=O) groups excluding carboxylic acids is 1. The molecule has 22 heavy (non-hydrogen) atoms. The highest BCUT2D eigenvalue weighted by molar-refractivity contribution is 7.99. The molecule has 1 heterocycles. The first-order chi connectivity index (χ1) is 10.6. The minimum atomic E-state index is -0.273. The van der Waals surface area contributed by atoms with Gasteiger partial charge in [-0.25, -0.2) is 0 Å². The average molecular weight is 355 g/mol. The number of carbonyl (C=O) groups is 1. The predicted octanol–water partition coefficient (Wildman–Crippen LogP) is 2.57. The van der Waals surface area contributed by atoms with Crippen LogP contribution in [0.5, 0.6) is 0 Å². The molecule has 116 valence electrons. The normalized spacial score (nSPS) is 10.0. The highest BCUT2D eigenvalue weighted by Gasteiger charge is 2.05. The van der Waals surface area contributed by atoms with Gasteiger partial charge in [0.1, 0.15) is 5.69 Å². The van der Waals surface area contributed by atoms with Gasteiger partial charge in [0.15, 0.2) is 5.11 Å². The van der Waals surface area contributed by atoms with Crippen LogP contribution in [0.1, 0.15) is 10.5 Å². The van der Waals surface area contributed by atoms with E-state index in [1.54, 1.807) is 30.1 Å². The molecule has 0 fully saturated rings. The summed E-state index contributed by atoms with van der Waals surface area (Å²) >= 11 is 12.6. The van der Waals surface area contributed by atoms with Crippen LogP contribution in [0.4, 0.5) is 0 Å². The van der Waals surface area contributed by atoms with Gasteiger partial charge in [-0.3, -0.25) is 15.6 Å². The number of H-pyrrole nitrogens is 1. The molecule has 0 saturated carbocycles. The van der Waals surface area contributed by atoms with Crippen molar-refractivity contribution in [1.82, 2.24) is 21.2 Å². The Bertz CT molecular complexity index is 616. The zero-order valence-corrected chi connectivity index (χ0v) is 13.9. The van der Waals surface area contributed by atoms with Crippen molar-refractivity contribution in [2.24, 2.45) is 0 Å². The van der Waals surface area contributed by atoms with E-state index in [0.29, 0.717) is 17.4 Å². The van der Waals surface area contributed by atoms with Crippen molar-refractivity contribution in [2.75, 3.05) is 12.3 Å². The van der Waals surface area contributed by atoms with E-state index < -0.39 is 0 Å². The third kappa shape index (κ3) is 5.59. The standard InChI is InChI=1S/C14H15ClN4OS2/c15-10-3-5-11(6-4-10)22-9-8-17-14(21)19-18-13(20)12-2-1-7-16-12/h1-7,16H,8-9H2,(H,18,20)(H2,17,19,21). The molecule has 4 N–H and O–H groups in total. The number of thiocarbonyl (C=S) groups is 1. The summed E-state index contributed by atoms with van der Waals surface area (Å²) in [5, 5.41) is 4.11. The van der Waals surface area contributed by atoms with E-state index in [1.807, 2.05) is 24.3 Å². The van der Waals surface area contributed by atoms with E-state index in [2.05, 4.69) is 21.2 Å². The number of thioether (sulfide) groups is 1. The van der Waals surface area contributed by atoms with Crippen LogP contribution in [0, 0.1) is 0 Å². The number of hydrogen-bond acceptors (Lipinski definition) is 3. The maximum atomic E-state index is 11.6. The molecular weight excluding hydrogens is 340 g/mol. The van der Waals surface area contributed by atoms with Gasteiger partial charge in [-0.1, -0.05) is 11.6 Å². The second kappa shape index (κ2) is 8.67. The molecule has 1 amide bonds. The number of nitrogens with one attached hydrogen (secondary N) is 4. The number of halogens is 1. The Labute approximate surface area is 143 Å². The quantitative estimate of drug-likeness (QED) is 0.287. The number of benzene rings is 1. The number of hydrogen-bond donors (Lipinski definition) is 4. The van der Waals surface area contributed by atoms with Crippen molar-refractivity contribution in [3.8, 4) is 0 Å². The summed E-state index contributed by atoms with van der Waals surface area (Å²) in [4.78, 5) is 15.6. The monoisotopic (exact) mass is 354 g/mol. The Kier molecular flexibility index (Phi) is 6.57. The zero-order chi connectivity index (χ0) is 15.8. The second-order valence-corrected chi connectivity index (χ2v) is 6.23. The van der Waals surface area contributed by atoms with Gasteiger partial charge in [-0.2, -0.15) is 0 Å². The third-order valence-electron chi connectivity index (χ3n) is 2.60. The van der Waals surface area contributed by atoms with Gasteiger partial charge in [0.05, 0.1) is 0 Å². The zero-order valence-electron chi connectivity index (χ0n) is 11.6. The Morgan fingerprint density at radius 1 is 1.23 bits per heavy atom. The summed E-state index contributed by atoms with van der Waals surface area (Å²) in [6.45, 7) is 0.678. The fourth-order valence-corrected chi connectivity index (χ4v) is 2.61. The average Bonchev–Trinajstić information content (AvgIpc) is 3.05. The fourth-order valence-electron chi connectivity index (χ4n) is 1.56. The highest BCUT2D eigenvalue weighted by Crippen LogP contribution is 2.19. The second-order valence-electron chi connectivity index (χ2n) is 4.22. The summed E-state index contributed by atoms with van der Waals surface area (Å²) in [6, 6.07) is 11.1. The Balaban J connectivity index is 1.59. The maximum Gasteiger partial charge on any atom is 0.286 e. The van der Waals surface area contributed by atoms with E-state index in [-0.39, 0.29) is 5.91 Å². The van der Waals surface area contributed by atoms with Gasteiger partial charge in [0, 0.05) is 28.4 Å². The van der Waals surface area contributed by atoms with Gasteiger partial charge in [0.25, 0.3) is 5.91 Å². The lowest BCUT2D eigenvalue weighted by atomic mass is 10.4. The summed E-state index contributed by atoms with van der Waals surface area (Å²) < 4.78 is 0. The first-order valence-electron chi connectivity index (χ1n) is 6.51. The molecule has 0 spiro atoms. The summed E-state index contributed by atoms with van der Waals surface area (Å²) in [7, 11) is 0. The van der Waals surface area contributed by atoms with Crippen LogP contribution >= 0.6 is 35.6 Å². The van der Waals surface area contributed by atoms with Crippen LogP contribution < -0.4 is 16.2 Å². The molecule has 1 aromatic carbocycles. The fraction of sp³-hybridized carbons (Fsp3) is 0.143. The topological polar surface area (TPSA) is 69.0 Å². The Morgan fingerprint density at radius 3 is 2.68 bits per heavy atom. The van der Waals surface area contributed by atoms with E-state index in [1.165, 1.54) is 0 Å². The molecule has 0 bridgehead atoms. The van der Waals surface area contributed by atoms with Crippen LogP contribution in [0.2, 0.25) is 5.02 Å².